The Morgan fingerprint density at radius 3 is 2.93 bits per heavy atom. The second-order valence-electron chi connectivity index (χ2n) is 4.88. The molecular formula is C13H20O2. The van der Waals surface area contributed by atoms with Gasteiger partial charge in [0.05, 0.1) is 6.61 Å². The van der Waals surface area contributed by atoms with E-state index in [9.17, 15) is 5.11 Å². The van der Waals surface area contributed by atoms with Crippen LogP contribution >= 0.6 is 0 Å². The van der Waals surface area contributed by atoms with Gasteiger partial charge in [-0.1, -0.05) is 18.6 Å². The zero-order chi connectivity index (χ0) is 10.8. The fraction of sp³-hybridized carbons (Fsp3) is 0.692. The smallest absolute Gasteiger partial charge is 0.121 e. The number of rotatable bonds is 2. The maximum absolute atomic E-state index is 10.2. The largest absolute Gasteiger partial charge is 0.495 e. The van der Waals surface area contributed by atoms with E-state index in [1.54, 1.807) is 0 Å². The third-order valence-electron chi connectivity index (χ3n) is 3.30. The van der Waals surface area contributed by atoms with E-state index >= 15 is 0 Å². The molecule has 0 bridgehead atoms. The maximum atomic E-state index is 10.2. The number of ether oxygens (including phenoxy) is 1. The summed E-state index contributed by atoms with van der Waals surface area (Å²) in [4.78, 5) is 0. The molecule has 1 aliphatic heterocycles. The molecule has 0 amide bonds. The molecule has 0 saturated heterocycles. The quantitative estimate of drug-likeness (QED) is 0.707. The topological polar surface area (TPSA) is 29.5 Å². The summed E-state index contributed by atoms with van der Waals surface area (Å²) in [7, 11) is 0. The molecule has 0 aromatic heterocycles. The van der Waals surface area contributed by atoms with E-state index in [0.717, 1.165) is 31.6 Å². The fourth-order valence-corrected chi connectivity index (χ4v) is 2.71. The Kier molecular flexibility index (Phi) is 3.15. The van der Waals surface area contributed by atoms with Crippen molar-refractivity contribution in [2.24, 2.45) is 11.8 Å². The van der Waals surface area contributed by atoms with Crippen molar-refractivity contribution in [3.63, 3.8) is 0 Å². The molecule has 3 atom stereocenters. The zero-order valence-electron chi connectivity index (χ0n) is 9.57. The maximum Gasteiger partial charge on any atom is 0.121 e. The molecule has 0 spiro atoms. The van der Waals surface area contributed by atoms with Crippen molar-refractivity contribution >= 4 is 0 Å². The van der Waals surface area contributed by atoms with Gasteiger partial charge >= 0.3 is 0 Å². The number of allylic oxidation sites excluding steroid dienone is 2. The van der Waals surface area contributed by atoms with Crippen LogP contribution in [0.1, 0.15) is 33.1 Å². The summed E-state index contributed by atoms with van der Waals surface area (Å²) in [6.45, 7) is 5.11. The van der Waals surface area contributed by atoms with Gasteiger partial charge in [-0.3, -0.25) is 0 Å². The zero-order valence-corrected chi connectivity index (χ0v) is 9.57. The molecule has 0 fully saturated rings. The van der Waals surface area contributed by atoms with Crippen LogP contribution in [0.3, 0.4) is 0 Å². The van der Waals surface area contributed by atoms with Crippen molar-refractivity contribution in [3.8, 4) is 0 Å². The first-order valence-electron chi connectivity index (χ1n) is 5.85. The van der Waals surface area contributed by atoms with Crippen molar-refractivity contribution in [2.45, 2.75) is 39.2 Å². The molecule has 2 heteroatoms. The summed E-state index contributed by atoms with van der Waals surface area (Å²) >= 11 is 0. The lowest BCUT2D eigenvalue weighted by Crippen LogP contribution is -2.27. The molecule has 2 nitrogen and oxygen atoms in total. The molecule has 15 heavy (non-hydrogen) atoms. The minimum atomic E-state index is -0.390. The lowest BCUT2D eigenvalue weighted by Gasteiger charge is -2.29. The first-order chi connectivity index (χ1) is 7.16. The predicted molar refractivity (Wildman–Crippen MR) is 60.3 cm³/mol. The Morgan fingerprint density at radius 1 is 1.53 bits per heavy atom. The van der Waals surface area contributed by atoms with Crippen LogP contribution in [0.15, 0.2) is 23.5 Å². The summed E-state index contributed by atoms with van der Waals surface area (Å²) in [5.41, 5.74) is 1.40. The van der Waals surface area contributed by atoms with E-state index in [0.29, 0.717) is 11.8 Å². The van der Waals surface area contributed by atoms with Gasteiger partial charge in [-0.15, -0.1) is 0 Å². The molecule has 0 aromatic carbocycles. The van der Waals surface area contributed by atoms with Crippen LogP contribution in [-0.4, -0.2) is 17.8 Å². The van der Waals surface area contributed by atoms with Gasteiger partial charge in [0.25, 0.3) is 0 Å². The normalized spacial score (nSPS) is 33.0. The van der Waals surface area contributed by atoms with Crippen molar-refractivity contribution in [1.82, 2.24) is 0 Å². The van der Waals surface area contributed by atoms with Crippen LogP contribution in [0.5, 0.6) is 0 Å². The second-order valence-corrected chi connectivity index (χ2v) is 4.88. The van der Waals surface area contributed by atoms with E-state index < -0.39 is 6.10 Å². The van der Waals surface area contributed by atoms with Crippen LogP contribution in [0.4, 0.5) is 0 Å². The van der Waals surface area contributed by atoms with Crippen molar-refractivity contribution in [1.29, 1.82) is 0 Å². The van der Waals surface area contributed by atoms with Crippen LogP contribution in [0, 0.1) is 11.8 Å². The highest BCUT2D eigenvalue weighted by Gasteiger charge is 2.29. The van der Waals surface area contributed by atoms with E-state index in [2.05, 4.69) is 19.9 Å². The lowest BCUT2D eigenvalue weighted by atomic mass is 9.80. The molecule has 0 aromatic rings. The second kappa shape index (κ2) is 4.40. The lowest BCUT2D eigenvalue weighted by molar-refractivity contribution is 0.0645. The number of hydrogen-bond donors (Lipinski definition) is 1. The minimum Gasteiger partial charge on any atom is -0.495 e. The molecule has 1 aliphatic carbocycles. The summed E-state index contributed by atoms with van der Waals surface area (Å²) in [5, 5.41) is 10.2. The average molecular weight is 208 g/mol. The molecule has 1 N–H and O–H groups in total. The van der Waals surface area contributed by atoms with E-state index in [1.807, 2.05) is 6.08 Å². The first-order valence-corrected chi connectivity index (χ1v) is 5.85. The molecule has 3 unspecified atom stereocenters. The Hall–Kier alpha value is -0.760. The number of hydrogen-bond acceptors (Lipinski definition) is 2. The van der Waals surface area contributed by atoms with Gasteiger partial charge < -0.3 is 9.84 Å². The summed E-state index contributed by atoms with van der Waals surface area (Å²) < 4.78 is 5.43. The minimum absolute atomic E-state index is 0.342. The molecule has 0 saturated carbocycles. The predicted octanol–water partition coefficient (Wildman–Crippen LogP) is 2.64. The Bertz CT molecular complexity index is 291. The molecule has 2 aliphatic rings. The third kappa shape index (κ3) is 2.43. The first kappa shape index (κ1) is 10.7. The average Bonchev–Trinajstić information content (AvgIpc) is 2.67. The summed E-state index contributed by atoms with van der Waals surface area (Å²) in [5.74, 6) is 1.73. The summed E-state index contributed by atoms with van der Waals surface area (Å²) in [6.07, 6.45) is 6.98. The number of aliphatic hydroxyl groups is 1. The van der Waals surface area contributed by atoms with Crippen molar-refractivity contribution in [3.05, 3.63) is 23.5 Å². The van der Waals surface area contributed by atoms with Gasteiger partial charge in [-0.2, -0.15) is 0 Å². The van der Waals surface area contributed by atoms with E-state index in [-0.39, 0.29) is 0 Å². The monoisotopic (exact) mass is 208 g/mol. The molecule has 2 rings (SSSR count). The van der Waals surface area contributed by atoms with Crippen molar-refractivity contribution < 1.29 is 9.84 Å². The van der Waals surface area contributed by atoms with Gasteiger partial charge in [0.2, 0.25) is 0 Å². The van der Waals surface area contributed by atoms with Gasteiger partial charge in [-0.05, 0) is 37.7 Å². The highest BCUT2D eigenvalue weighted by Crippen LogP contribution is 2.33. The molecule has 1 heterocycles. The van der Waals surface area contributed by atoms with Crippen LogP contribution in [0.25, 0.3) is 0 Å². The molecule has 0 radical (unpaired) electrons. The molecule has 84 valence electrons. The Morgan fingerprint density at radius 2 is 2.33 bits per heavy atom. The van der Waals surface area contributed by atoms with E-state index in [4.69, 9.17) is 4.74 Å². The van der Waals surface area contributed by atoms with Gasteiger partial charge in [0.1, 0.15) is 11.9 Å². The van der Waals surface area contributed by atoms with E-state index in [1.165, 1.54) is 5.57 Å². The van der Waals surface area contributed by atoms with Crippen LogP contribution in [0.2, 0.25) is 0 Å². The van der Waals surface area contributed by atoms with Crippen molar-refractivity contribution in [2.75, 3.05) is 6.61 Å². The highest BCUT2D eigenvalue weighted by molar-refractivity contribution is 5.12. The Balaban J connectivity index is 2.02. The summed E-state index contributed by atoms with van der Waals surface area (Å²) in [6, 6.07) is 0. The third-order valence-corrected chi connectivity index (χ3v) is 3.30. The Labute approximate surface area is 91.6 Å². The van der Waals surface area contributed by atoms with Gasteiger partial charge in [-0.25, -0.2) is 0 Å². The highest BCUT2D eigenvalue weighted by atomic mass is 16.5. The standard InChI is InChI=1S/C13H20O2/c1-9-6-10(2)8-11(7-9)13(14)12-4-3-5-15-12/h4,6,9,11,13-14H,3,5,7-8H2,1-2H3. The SMILES string of the molecule is CC1=CC(C)CC(C(O)C2=CCCO2)C1. The van der Waals surface area contributed by atoms with Crippen LogP contribution in [-0.2, 0) is 4.74 Å². The van der Waals surface area contributed by atoms with Gasteiger partial charge in [0, 0.05) is 6.42 Å². The number of aliphatic hydroxyl groups excluding tert-OH is 1. The fourth-order valence-electron chi connectivity index (χ4n) is 2.71. The van der Waals surface area contributed by atoms with Crippen LogP contribution < -0.4 is 0 Å². The molecular weight excluding hydrogens is 188 g/mol. The van der Waals surface area contributed by atoms with Gasteiger partial charge in [0.15, 0.2) is 0 Å².